The van der Waals surface area contributed by atoms with E-state index in [4.69, 9.17) is 11.6 Å². The van der Waals surface area contributed by atoms with E-state index in [2.05, 4.69) is 19.1 Å². The maximum atomic E-state index is 12.6. The van der Waals surface area contributed by atoms with Gasteiger partial charge in [-0.3, -0.25) is 4.79 Å². The molecule has 2 aromatic rings. The van der Waals surface area contributed by atoms with Gasteiger partial charge in [-0.05, 0) is 60.7 Å². The fourth-order valence-electron chi connectivity index (χ4n) is 3.00. The highest BCUT2D eigenvalue weighted by atomic mass is 35.5. The zero-order valence-corrected chi connectivity index (χ0v) is 15.4. The van der Waals surface area contributed by atoms with Crippen molar-refractivity contribution in [2.45, 2.75) is 30.4 Å². The number of nitrogens with zero attached hydrogens (tertiary/aromatic N) is 1. The molecule has 1 unspecified atom stereocenters. The average molecular weight is 360 g/mol. The predicted octanol–water partition coefficient (Wildman–Crippen LogP) is 5.50. The maximum Gasteiger partial charge on any atom is 0.253 e. The van der Waals surface area contributed by atoms with Gasteiger partial charge in [0.15, 0.2) is 0 Å². The molecule has 0 spiro atoms. The largest absolute Gasteiger partial charge is 0.338 e. The Morgan fingerprint density at radius 3 is 2.54 bits per heavy atom. The van der Waals surface area contributed by atoms with Gasteiger partial charge in [0, 0.05) is 34.3 Å². The quantitative estimate of drug-likeness (QED) is 0.671. The molecule has 0 bridgehead atoms. The number of halogens is 1. The maximum absolute atomic E-state index is 12.6. The molecule has 1 aliphatic heterocycles. The van der Waals surface area contributed by atoms with Gasteiger partial charge in [0.1, 0.15) is 0 Å². The summed E-state index contributed by atoms with van der Waals surface area (Å²) in [6.45, 7) is 3.99. The molecule has 0 aliphatic carbocycles. The van der Waals surface area contributed by atoms with Crippen molar-refractivity contribution < 1.29 is 4.79 Å². The number of piperidine rings is 1. The van der Waals surface area contributed by atoms with Crippen LogP contribution in [0.15, 0.2) is 53.4 Å². The zero-order chi connectivity index (χ0) is 16.9. The van der Waals surface area contributed by atoms with Gasteiger partial charge in [-0.25, -0.2) is 0 Å². The van der Waals surface area contributed by atoms with Crippen molar-refractivity contribution in [3.05, 3.63) is 64.7 Å². The highest BCUT2D eigenvalue weighted by Crippen LogP contribution is 2.25. The minimum absolute atomic E-state index is 0.165. The minimum Gasteiger partial charge on any atom is -0.338 e. The van der Waals surface area contributed by atoms with Crippen LogP contribution in [0.25, 0.3) is 0 Å². The highest BCUT2D eigenvalue weighted by Gasteiger charge is 2.21. The smallest absolute Gasteiger partial charge is 0.253 e. The number of carbonyl (C=O) groups is 1. The lowest BCUT2D eigenvalue weighted by molar-refractivity contribution is 0.0683. The molecule has 1 atom stereocenters. The summed E-state index contributed by atoms with van der Waals surface area (Å²) in [6.07, 6.45) is 2.34. The summed E-state index contributed by atoms with van der Waals surface area (Å²) < 4.78 is 0. The molecule has 2 aromatic carbocycles. The van der Waals surface area contributed by atoms with Crippen LogP contribution in [0.5, 0.6) is 0 Å². The molecule has 24 heavy (non-hydrogen) atoms. The molecule has 0 radical (unpaired) electrons. The van der Waals surface area contributed by atoms with E-state index in [0.29, 0.717) is 5.92 Å². The van der Waals surface area contributed by atoms with E-state index in [9.17, 15) is 4.79 Å². The summed E-state index contributed by atoms with van der Waals surface area (Å²) in [5.41, 5.74) is 2.02. The van der Waals surface area contributed by atoms with E-state index in [0.717, 1.165) is 35.8 Å². The van der Waals surface area contributed by atoms with Crippen molar-refractivity contribution in [2.75, 3.05) is 13.1 Å². The van der Waals surface area contributed by atoms with Crippen molar-refractivity contribution in [1.29, 1.82) is 0 Å². The Bertz CT molecular complexity index is 684. The van der Waals surface area contributed by atoms with E-state index in [1.165, 1.54) is 16.9 Å². The molecule has 0 aromatic heterocycles. The molecule has 1 amide bonds. The van der Waals surface area contributed by atoms with Crippen LogP contribution in [0.2, 0.25) is 5.02 Å². The third-order valence-corrected chi connectivity index (χ3v) is 5.70. The molecule has 1 heterocycles. The van der Waals surface area contributed by atoms with Crippen molar-refractivity contribution in [1.82, 2.24) is 4.90 Å². The van der Waals surface area contributed by atoms with Crippen LogP contribution in [-0.2, 0) is 5.75 Å². The predicted molar refractivity (Wildman–Crippen MR) is 102 cm³/mol. The van der Waals surface area contributed by atoms with Crippen molar-refractivity contribution >= 4 is 29.3 Å². The van der Waals surface area contributed by atoms with Crippen LogP contribution in [0.3, 0.4) is 0 Å². The fraction of sp³-hybridized carbons (Fsp3) is 0.350. The van der Waals surface area contributed by atoms with Crippen LogP contribution < -0.4 is 0 Å². The molecule has 0 N–H and O–H groups in total. The fourth-order valence-corrected chi connectivity index (χ4v) is 3.98. The molecule has 126 valence electrons. The van der Waals surface area contributed by atoms with E-state index >= 15 is 0 Å². The molecular formula is C20H22ClNOS. The van der Waals surface area contributed by atoms with Gasteiger partial charge < -0.3 is 4.90 Å². The first-order chi connectivity index (χ1) is 11.6. The second kappa shape index (κ2) is 8.09. The van der Waals surface area contributed by atoms with Crippen LogP contribution in [0, 0.1) is 5.92 Å². The number of hydrogen-bond acceptors (Lipinski definition) is 2. The Morgan fingerprint density at radius 2 is 1.88 bits per heavy atom. The Labute approximate surface area is 153 Å². The first-order valence-corrected chi connectivity index (χ1v) is 9.75. The monoisotopic (exact) mass is 359 g/mol. The zero-order valence-electron chi connectivity index (χ0n) is 13.9. The second-order valence-corrected chi connectivity index (χ2v) is 7.92. The summed E-state index contributed by atoms with van der Waals surface area (Å²) in [4.78, 5) is 15.8. The Balaban J connectivity index is 1.58. The summed E-state index contributed by atoms with van der Waals surface area (Å²) in [7, 11) is 0. The van der Waals surface area contributed by atoms with E-state index in [1.807, 2.05) is 41.3 Å². The Morgan fingerprint density at radius 1 is 1.17 bits per heavy atom. The molecule has 2 nitrogen and oxygen atoms in total. The molecule has 1 aliphatic rings. The molecular weight excluding hydrogens is 338 g/mol. The standard InChI is InChI=1S/C20H22ClNOS/c1-15-3-2-12-22(13-15)20(23)17-6-4-16(5-7-17)14-24-19-10-8-18(21)9-11-19/h4-11,15H,2-3,12-14H2,1H3. The minimum atomic E-state index is 0.165. The third kappa shape index (κ3) is 4.55. The van der Waals surface area contributed by atoms with Crippen LogP contribution in [-0.4, -0.2) is 23.9 Å². The van der Waals surface area contributed by atoms with Gasteiger partial charge in [-0.1, -0.05) is 30.7 Å². The van der Waals surface area contributed by atoms with E-state index in [-0.39, 0.29) is 5.91 Å². The van der Waals surface area contributed by atoms with Gasteiger partial charge in [-0.2, -0.15) is 0 Å². The number of carbonyl (C=O) groups excluding carboxylic acids is 1. The number of amides is 1. The first-order valence-electron chi connectivity index (χ1n) is 8.38. The van der Waals surface area contributed by atoms with E-state index in [1.54, 1.807) is 11.8 Å². The number of hydrogen-bond donors (Lipinski definition) is 0. The molecule has 4 heteroatoms. The SMILES string of the molecule is CC1CCCN(C(=O)c2ccc(CSc3ccc(Cl)cc3)cc2)C1. The Kier molecular flexibility index (Phi) is 5.85. The second-order valence-electron chi connectivity index (χ2n) is 6.44. The van der Waals surface area contributed by atoms with Gasteiger partial charge in [0.2, 0.25) is 0 Å². The molecule has 1 fully saturated rings. The van der Waals surface area contributed by atoms with E-state index < -0.39 is 0 Å². The number of rotatable bonds is 4. The third-order valence-electron chi connectivity index (χ3n) is 4.36. The number of likely N-dealkylation sites (tertiary alicyclic amines) is 1. The first kappa shape index (κ1) is 17.4. The summed E-state index contributed by atoms with van der Waals surface area (Å²) >= 11 is 7.67. The normalized spacial score (nSPS) is 17.8. The highest BCUT2D eigenvalue weighted by molar-refractivity contribution is 7.98. The molecule has 0 saturated carbocycles. The van der Waals surface area contributed by atoms with Crippen LogP contribution in [0.4, 0.5) is 0 Å². The lowest BCUT2D eigenvalue weighted by Crippen LogP contribution is -2.39. The van der Waals surface area contributed by atoms with Crippen molar-refractivity contribution in [2.24, 2.45) is 5.92 Å². The number of thioether (sulfide) groups is 1. The summed E-state index contributed by atoms with van der Waals surface area (Å²) in [5, 5.41) is 0.759. The van der Waals surface area contributed by atoms with Crippen LogP contribution >= 0.6 is 23.4 Å². The summed E-state index contributed by atoms with van der Waals surface area (Å²) in [6, 6.07) is 15.9. The average Bonchev–Trinajstić information content (AvgIpc) is 2.61. The lowest BCUT2D eigenvalue weighted by Gasteiger charge is -2.31. The van der Waals surface area contributed by atoms with Crippen molar-refractivity contribution in [3.63, 3.8) is 0 Å². The van der Waals surface area contributed by atoms with Crippen LogP contribution in [0.1, 0.15) is 35.7 Å². The van der Waals surface area contributed by atoms with Gasteiger partial charge >= 0.3 is 0 Å². The van der Waals surface area contributed by atoms with Gasteiger partial charge in [0.25, 0.3) is 5.91 Å². The van der Waals surface area contributed by atoms with Crippen molar-refractivity contribution in [3.8, 4) is 0 Å². The number of benzene rings is 2. The molecule has 1 saturated heterocycles. The summed E-state index contributed by atoms with van der Waals surface area (Å²) in [5.74, 6) is 1.66. The van der Waals surface area contributed by atoms with Gasteiger partial charge in [0.05, 0.1) is 0 Å². The van der Waals surface area contributed by atoms with Gasteiger partial charge in [-0.15, -0.1) is 11.8 Å². The Hall–Kier alpha value is -1.45. The topological polar surface area (TPSA) is 20.3 Å². The lowest BCUT2D eigenvalue weighted by atomic mass is 9.99. The molecule has 3 rings (SSSR count).